The van der Waals surface area contributed by atoms with E-state index in [9.17, 15) is 18.0 Å². The summed E-state index contributed by atoms with van der Waals surface area (Å²) in [5.74, 6) is -0.511. The van der Waals surface area contributed by atoms with Crippen LogP contribution in [0.5, 0.6) is 0 Å². The van der Waals surface area contributed by atoms with Crippen molar-refractivity contribution in [1.82, 2.24) is 0 Å². The number of anilines is 2. The molecule has 0 spiro atoms. The Hall–Kier alpha value is -2.19. The van der Waals surface area contributed by atoms with Crippen LogP contribution in [0.1, 0.15) is 26.3 Å². The standard InChI is InChI=1S/C14H14N2O4S2/c1-9(17)12-7-8-13(21-12)14(18)15-10-5-3-4-6-11(10)16-22(2,19)20/h3-8,16H,1-2H3,(H,15,18). The van der Waals surface area contributed by atoms with Gasteiger partial charge in [-0.25, -0.2) is 8.42 Å². The lowest BCUT2D eigenvalue weighted by Crippen LogP contribution is -2.15. The molecule has 0 radical (unpaired) electrons. The zero-order valence-corrected chi connectivity index (χ0v) is 13.5. The maximum absolute atomic E-state index is 12.2. The van der Waals surface area contributed by atoms with E-state index in [0.717, 1.165) is 17.6 Å². The SMILES string of the molecule is CC(=O)c1ccc(C(=O)Nc2ccccc2NS(C)(=O)=O)s1. The van der Waals surface area contributed by atoms with Crippen LogP contribution in [0, 0.1) is 0 Å². The monoisotopic (exact) mass is 338 g/mol. The van der Waals surface area contributed by atoms with Crippen LogP contribution in [0.4, 0.5) is 11.4 Å². The Bertz CT molecular complexity index is 825. The van der Waals surface area contributed by atoms with E-state index in [1.807, 2.05) is 0 Å². The summed E-state index contributed by atoms with van der Waals surface area (Å²) >= 11 is 1.09. The van der Waals surface area contributed by atoms with Crippen molar-refractivity contribution in [3.63, 3.8) is 0 Å². The Labute approximate surface area is 132 Å². The smallest absolute Gasteiger partial charge is 0.265 e. The molecule has 1 amide bonds. The van der Waals surface area contributed by atoms with Crippen molar-refractivity contribution in [1.29, 1.82) is 0 Å². The molecule has 0 atom stereocenters. The molecule has 0 aliphatic rings. The molecule has 22 heavy (non-hydrogen) atoms. The second kappa shape index (κ2) is 6.29. The van der Waals surface area contributed by atoms with Crippen LogP contribution in [0.2, 0.25) is 0 Å². The van der Waals surface area contributed by atoms with E-state index in [4.69, 9.17) is 0 Å². The van der Waals surface area contributed by atoms with Crippen LogP contribution in [0.25, 0.3) is 0 Å². The number of nitrogens with one attached hydrogen (secondary N) is 2. The first-order valence-electron chi connectivity index (χ1n) is 6.25. The first kappa shape index (κ1) is 16.2. The van der Waals surface area contributed by atoms with Gasteiger partial charge in [-0.2, -0.15) is 0 Å². The third-order valence-electron chi connectivity index (χ3n) is 2.65. The van der Waals surface area contributed by atoms with E-state index in [1.54, 1.807) is 36.4 Å². The Balaban J connectivity index is 2.23. The number of carbonyl (C=O) groups excluding carboxylic acids is 2. The Morgan fingerprint density at radius 1 is 1.00 bits per heavy atom. The van der Waals surface area contributed by atoms with Gasteiger partial charge in [0.05, 0.1) is 27.4 Å². The fourth-order valence-corrected chi connectivity index (χ4v) is 3.09. The van der Waals surface area contributed by atoms with Crippen LogP contribution in [0.15, 0.2) is 36.4 Å². The zero-order chi connectivity index (χ0) is 16.3. The second-order valence-electron chi connectivity index (χ2n) is 4.59. The van der Waals surface area contributed by atoms with Crippen LogP contribution < -0.4 is 10.0 Å². The van der Waals surface area contributed by atoms with Crippen molar-refractivity contribution >= 4 is 44.4 Å². The van der Waals surface area contributed by atoms with Crippen LogP contribution in [0.3, 0.4) is 0 Å². The van der Waals surface area contributed by atoms with E-state index >= 15 is 0 Å². The number of benzene rings is 1. The van der Waals surface area contributed by atoms with Crippen molar-refractivity contribution in [2.24, 2.45) is 0 Å². The maximum atomic E-state index is 12.2. The number of carbonyl (C=O) groups is 2. The highest BCUT2D eigenvalue weighted by molar-refractivity contribution is 7.92. The zero-order valence-electron chi connectivity index (χ0n) is 11.9. The molecule has 0 bridgehead atoms. The molecule has 0 aliphatic carbocycles. The van der Waals surface area contributed by atoms with Gasteiger partial charge in [-0.15, -0.1) is 11.3 Å². The summed E-state index contributed by atoms with van der Waals surface area (Å²) in [6.45, 7) is 1.43. The second-order valence-corrected chi connectivity index (χ2v) is 7.43. The molecule has 0 aliphatic heterocycles. The maximum Gasteiger partial charge on any atom is 0.265 e. The molecule has 0 fully saturated rings. The van der Waals surface area contributed by atoms with Crippen molar-refractivity contribution < 1.29 is 18.0 Å². The van der Waals surface area contributed by atoms with E-state index in [-0.39, 0.29) is 11.5 Å². The number of hydrogen-bond donors (Lipinski definition) is 2. The van der Waals surface area contributed by atoms with Gasteiger partial charge in [0, 0.05) is 0 Å². The van der Waals surface area contributed by atoms with Crippen LogP contribution >= 0.6 is 11.3 Å². The van der Waals surface area contributed by atoms with Gasteiger partial charge >= 0.3 is 0 Å². The minimum Gasteiger partial charge on any atom is -0.319 e. The molecule has 2 aromatic rings. The fraction of sp³-hybridized carbons (Fsp3) is 0.143. The molecule has 0 saturated heterocycles. The Kier molecular flexibility index (Phi) is 4.62. The van der Waals surface area contributed by atoms with Gasteiger partial charge in [0.1, 0.15) is 0 Å². The van der Waals surface area contributed by atoms with Gasteiger partial charge < -0.3 is 5.32 Å². The third kappa shape index (κ3) is 4.15. The summed E-state index contributed by atoms with van der Waals surface area (Å²) in [6, 6.07) is 9.61. The van der Waals surface area contributed by atoms with E-state index in [0.29, 0.717) is 15.4 Å². The van der Waals surface area contributed by atoms with Crippen molar-refractivity contribution in [2.75, 3.05) is 16.3 Å². The van der Waals surface area contributed by atoms with Gasteiger partial charge in [-0.3, -0.25) is 14.3 Å². The molecule has 1 heterocycles. The topological polar surface area (TPSA) is 92.3 Å². The highest BCUT2D eigenvalue weighted by Crippen LogP contribution is 2.24. The molecule has 6 nitrogen and oxygen atoms in total. The molecule has 0 saturated carbocycles. The summed E-state index contributed by atoms with van der Waals surface area (Å²) in [5, 5.41) is 2.63. The summed E-state index contributed by atoms with van der Waals surface area (Å²) in [6.07, 6.45) is 1.03. The lowest BCUT2D eigenvalue weighted by Gasteiger charge is -2.11. The lowest BCUT2D eigenvalue weighted by atomic mass is 10.2. The first-order valence-corrected chi connectivity index (χ1v) is 8.96. The molecular formula is C14H14N2O4S2. The number of Topliss-reactive ketones (excluding diaryl/α,β-unsaturated/α-hetero) is 1. The fourth-order valence-electron chi connectivity index (χ4n) is 1.71. The molecule has 0 unspecified atom stereocenters. The largest absolute Gasteiger partial charge is 0.319 e. The number of ketones is 1. The third-order valence-corrected chi connectivity index (χ3v) is 4.42. The van der Waals surface area contributed by atoms with Crippen molar-refractivity contribution in [3.8, 4) is 0 Å². The number of hydrogen-bond acceptors (Lipinski definition) is 5. The number of sulfonamides is 1. The minimum atomic E-state index is -3.45. The van der Waals surface area contributed by atoms with Gasteiger partial charge in [0.2, 0.25) is 10.0 Å². The molecule has 2 N–H and O–H groups in total. The van der Waals surface area contributed by atoms with E-state index in [1.165, 1.54) is 6.92 Å². The highest BCUT2D eigenvalue weighted by Gasteiger charge is 2.14. The summed E-state index contributed by atoms with van der Waals surface area (Å²) in [5.41, 5.74) is 0.623. The molecule has 116 valence electrons. The van der Waals surface area contributed by atoms with Gasteiger partial charge in [-0.1, -0.05) is 12.1 Å². The lowest BCUT2D eigenvalue weighted by molar-refractivity contribution is 0.101. The quantitative estimate of drug-likeness (QED) is 0.820. The van der Waals surface area contributed by atoms with Crippen molar-refractivity contribution in [3.05, 3.63) is 46.2 Å². The number of para-hydroxylation sites is 2. The van der Waals surface area contributed by atoms with Gasteiger partial charge in [0.15, 0.2) is 5.78 Å². The molecular weight excluding hydrogens is 324 g/mol. The highest BCUT2D eigenvalue weighted by atomic mass is 32.2. The average Bonchev–Trinajstić information content (AvgIpc) is 2.89. The van der Waals surface area contributed by atoms with Crippen LogP contribution in [-0.2, 0) is 10.0 Å². The predicted octanol–water partition coefficient (Wildman–Crippen LogP) is 2.57. The summed E-state index contributed by atoms with van der Waals surface area (Å²) in [4.78, 5) is 24.3. The van der Waals surface area contributed by atoms with Gasteiger partial charge in [0.25, 0.3) is 5.91 Å². The summed E-state index contributed by atoms with van der Waals surface area (Å²) < 4.78 is 25.0. The average molecular weight is 338 g/mol. The summed E-state index contributed by atoms with van der Waals surface area (Å²) in [7, 11) is -3.45. The first-order chi connectivity index (χ1) is 10.3. The Morgan fingerprint density at radius 3 is 2.14 bits per heavy atom. The predicted molar refractivity (Wildman–Crippen MR) is 87.2 cm³/mol. The van der Waals surface area contributed by atoms with Crippen LogP contribution in [-0.4, -0.2) is 26.4 Å². The number of amides is 1. The molecule has 1 aromatic heterocycles. The van der Waals surface area contributed by atoms with Gasteiger partial charge in [-0.05, 0) is 31.2 Å². The molecule has 2 rings (SSSR count). The molecule has 1 aromatic carbocycles. The number of thiophene rings is 1. The van der Waals surface area contributed by atoms with E-state index < -0.39 is 15.9 Å². The Morgan fingerprint density at radius 2 is 1.59 bits per heavy atom. The van der Waals surface area contributed by atoms with Crippen molar-refractivity contribution in [2.45, 2.75) is 6.92 Å². The molecule has 8 heteroatoms. The van der Waals surface area contributed by atoms with E-state index in [2.05, 4.69) is 10.0 Å². The minimum absolute atomic E-state index is 0.108. The number of rotatable bonds is 5. The normalized spacial score (nSPS) is 11.0.